The zero-order valence-electron chi connectivity index (χ0n) is 20.2. The number of carbonyl (C=O) groups excluding carboxylic acids is 2. The van der Waals surface area contributed by atoms with Crippen LogP contribution in [0.15, 0.2) is 84.9 Å². The first-order chi connectivity index (χ1) is 17.0. The summed E-state index contributed by atoms with van der Waals surface area (Å²) < 4.78 is 17.0. The predicted octanol–water partition coefficient (Wildman–Crippen LogP) is 4.50. The molecule has 0 saturated heterocycles. The fourth-order valence-electron chi connectivity index (χ4n) is 4.50. The Balaban J connectivity index is 1.62. The standard InChI is InChI=1S/C29H29NO5/c1-33-25-14-10-23(11-15-25)29(35-3,24-12-16-26(34-2)17-13-24)22-8-6-21(7-9-22)5-4-20-30-27(31)18-19-28(30)32/h6-19H,4-5,20H2,1-3H3. The van der Waals surface area contributed by atoms with E-state index in [1.165, 1.54) is 17.1 Å². The van der Waals surface area contributed by atoms with E-state index in [-0.39, 0.29) is 11.8 Å². The zero-order valence-corrected chi connectivity index (χ0v) is 20.2. The van der Waals surface area contributed by atoms with E-state index >= 15 is 0 Å². The predicted molar refractivity (Wildman–Crippen MR) is 134 cm³/mol. The average molecular weight is 472 g/mol. The number of aryl methyl sites for hydroxylation is 1. The topological polar surface area (TPSA) is 65.1 Å². The van der Waals surface area contributed by atoms with E-state index in [4.69, 9.17) is 14.2 Å². The van der Waals surface area contributed by atoms with E-state index in [1.807, 2.05) is 48.5 Å². The molecule has 4 rings (SSSR count). The van der Waals surface area contributed by atoms with Gasteiger partial charge in [-0.15, -0.1) is 0 Å². The minimum atomic E-state index is -0.836. The van der Waals surface area contributed by atoms with Gasteiger partial charge < -0.3 is 14.2 Å². The molecule has 0 fully saturated rings. The highest BCUT2D eigenvalue weighted by atomic mass is 16.5. The van der Waals surface area contributed by atoms with Gasteiger partial charge in [-0.05, 0) is 59.4 Å². The molecule has 3 aromatic carbocycles. The van der Waals surface area contributed by atoms with Gasteiger partial charge in [-0.2, -0.15) is 0 Å². The van der Waals surface area contributed by atoms with Crippen LogP contribution in [-0.2, 0) is 26.3 Å². The van der Waals surface area contributed by atoms with Gasteiger partial charge in [0.25, 0.3) is 11.8 Å². The maximum Gasteiger partial charge on any atom is 0.253 e. The summed E-state index contributed by atoms with van der Waals surface area (Å²) >= 11 is 0. The highest BCUT2D eigenvalue weighted by molar-refractivity contribution is 6.12. The van der Waals surface area contributed by atoms with Crippen LogP contribution in [0.3, 0.4) is 0 Å². The van der Waals surface area contributed by atoms with Crippen molar-refractivity contribution in [2.45, 2.75) is 18.4 Å². The molecular weight excluding hydrogens is 442 g/mol. The number of carbonyl (C=O) groups is 2. The molecule has 1 heterocycles. The molecule has 6 nitrogen and oxygen atoms in total. The lowest BCUT2D eigenvalue weighted by Gasteiger charge is -2.34. The van der Waals surface area contributed by atoms with Crippen molar-refractivity contribution in [3.05, 3.63) is 107 Å². The fraction of sp³-hybridized carbons (Fsp3) is 0.241. The quantitative estimate of drug-likeness (QED) is 0.322. The smallest absolute Gasteiger partial charge is 0.253 e. The number of hydrogen-bond acceptors (Lipinski definition) is 5. The third kappa shape index (κ3) is 4.84. The third-order valence-electron chi connectivity index (χ3n) is 6.41. The molecule has 0 spiro atoms. The van der Waals surface area contributed by atoms with Crippen molar-refractivity contribution in [3.8, 4) is 11.5 Å². The van der Waals surface area contributed by atoms with Crippen molar-refractivity contribution < 1.29 is 23.8 Å². The number of amides is 2. The molecule has 3 aromatic rings. The van der Waals surface area contributed by atoms with Crippen LogP contribution < -0.4 is 9.47 Å². The van der Waals surface area contributed by atoms with Gasteiger partial charge in [-0.25, -0.2) is 0 Å². The molecule has 0 N–H and O–H groups in total. The lowest BCUT2D eigenvalue weighted by atomic mass is 9.79. The first-order valence-electron chi connectivity index (χ1n) is 11.5. The van der Waals surface area contributed by atoms with Crippen molar-refractivity contribution in [3.63, 3.8) is 0 Å². The molecule has 180 valence electrons. The Bertz CT molecular complexity index is 1130. The van der Waals surface area contributed by atoms with Crippen molar-refractivity contribution >= 4 is 11.8 Å². The highest BCUT2D eigenvalue weighted by Gasteiger charge is 2.36. The van der Waals surface area contributed by atoms with Crippen molar-refractivity contribution in [1.29, 1.82) is 0 Å². The summed E-state index contributed by atoms with van der Waals surface area (Å²) in [6.45, 7) is 0.409. The van der Waals surface area contributed by atoms with Gasteiger partial charge in [0.15, 0.2) is 0 Å². The summed E-state index contributed by atoms with van der Waals surface area (Å²) in [4.78, 5) is 24.8. The molecule has 0 aromatic heterocycles. The van der Waals surface area contributed by atoms with Crippen LogP contribution in [0.25, 0.3) is 0 Å². The van der Waals surface area contributed by atoms with Crippen LogP contribution in [0.2, 0.25) is 0 Å². The Morgan fingerprint density at radius 1 is 0.657 bits per heavy atom. The van der Waals surface area contributed by atoms with E-state index in [9.17, 15) is 9.59 Å². The monoisotopic (exact) mass is 471 g/mol. The second-order valence-corrected chi connectivity index (χ2v) is 8.30. The van der Waals surface area contributed by atoms with Crippen LogP contribution in [0.1, 0.15) is 28.7 Å². The van der Waals surface area contributed by atoms with E-state index < -0.39 is 5.60 Å². The van der Waals surface area contributed by atoms with Crippen molar-refractivity contribution in [1.82, 2.24) is 4.90 Å². The summed E-state index contributed by atoms with van der Waals surface area (Å²) in [5.41, 5.74) is 3.20. The molecule has 1 aliphatic rings. The van der Waals surface area contributed by atoms with Gasteiger partial charge in [0.1, 0.15) is 17.1 Å². The van der Waals surface area contributed by atoms with Gasteiger partial charge >= 0.3 is 0 Å². The average Bonchev–Trinajstić information content (AvgIpc) is 3.23. The van der Waals surface area contributed by atoms with E-state index in [1.54, 1.807) is 21.3 Å². The first-order valence-corrected chi connectivity index (χ1v) is 11.5. The molecule has 0 radical (unpaired) electrons. The number of rotatable bonds is 10. The zero-order chi connectivity index (χ0) is 24.8. The Hall–Kier alpha value is -3.90. The van der Waals surface area contributed by atoms with E-state index in [0.717, 1.165) is 40.2 Å². The lowest BCUT2D eigenvalue weighted by Crippen LogP contribution is -2.31. The summed E-state index contributed by atoms with van der Waals surface area (Å²) in [5, 5.41) is 0. The van der Waals surface area contributed by atoms with Gasteiger partial charge in [0.05, 0.1) is 14.2 Å². The fourth-order valence-corrected chi connectivity index (χ4v) is 4.50. The molecule has 1 aliphatic heterocycles. The SMILES string of the molecule is COc1ccc(C(OC)(c2ccc(CCCN3C(=O)C=CC3=O)cc2)c2ccc(OC)cc2)cc1. The van der Waals surface area contributed by atoms with E-state index in [2.05, 4.69) is 24.3 Å². The van der Waals surface area contributed by atoms with Crippen LogP contribution >= 0.6 is 0 Å². The van der Waals surface area contributed by atoms with Gasteiger partial charge in [0.2, 0.25) is 0 Å². The minimum absolute atomic E-state index is 0.241. The van der Waals surface area contributed by atoms with Crippen LogP contribution in [0.5, 0.6) is 11.5 Å². The Labute approximate surface area is 205 Å². The summed E-state index contributed by atoms with van der Waals surface area (Å²) in [5.74, 6) is 1.06. The third-order valence-corrected chi connectivity index (χ3v) is 6.41. The lowest BCUT2D eigenvalue weighted by molar-refractivity contribution is -0.136. The molecule has 6 heteroatoms. The summed E-state index contributed by atoms with van der Waals surface area (Å²) in [7, 11) is 5.00. The van der Waals surface area contributed by atoms with Gasteiger partial charge in [-0.1, -0.05) is 48.5 Å². The number of ether oxygens (including phenoxy) is 3. The molecule has 35 heavy (non-hydrogen) atoms. The number of methoxy groups -OCH3 is 3. The van der Waals surface area contributed by atoms with Crippen LogP contribution in [0.4, 0.5) is 0 Å². The van der Waals surface area contributed by atoms with Crippen LogP contribution in [0, 0.1) is 0 Å². The molecular formula is C29H29NO5. The normalized spacial score (nSPS) is 13.4. The van der Waals surface area contributed by atoms with Gasteiger partial charge in [0, 0.05) is 25.8 Å². The molecule has 0 aliphatic carbocycles. The van der Waals surface area contributed by atoms with Crippen molar-refractivity contribution in [2.24, 2.45) is 0 Å². The number of hydrogen-bond donors (Lipinski definition) is 0. The molecule has 0 saturated carbocycles. The minimum Gasteiger partial charge on any atom is -0.497 e. The largest absolute Gasteiger partial charge is 0.497 e. The Kier molecular flexibility index (Phi) is 7.32. The maximum absolute atomic E-state index is 11.8. The van der Waals surface area contributed by atoms with Crippen molar-refractivity contribution in [2.75, 3.05) is 27.9 Å². The second kappa shape index (κ2) is 10.6. The molecule has 0 unspecified atom stereocenters. The van der Waals surface area contributed by atoms with Gasteiger partial charge in [-0.3, -0.25) is 14.5 Å². The summed E-state index contributed by atoms with van der Waals surface area (Å²) in [6, 6.07) is 24.0. The Morgan fingerprint density at radius 3 is 1.49 bits per heavy atom. The number of benzene rings is 3. The number of nitrogens with zero attached hydrogens (tertiary/aromatic N) is 1. The molecule has 2 amide bonds. The second-order valence-electron chi connectivity index (χ2n) is 8.30. The summed E-state index contributed by atoms with van der Waals surface area (Å²) in [6.07, 6.45) is 4.09. The first kappa shape index (κ1) is 24.2. The highest BCUT2D eigenvalue weighted by Crippen LogP contribution is 2.41. The van der Waals surface area contributed by atoms with E-state index in [0.29, 0.717) is 13.0 Å². The molecule has 0 atom stereocenters. The number of imide groups is 1. The van der Waals surface area contributed by atoms with Crippen LogP contribution in [-0.4, -0.2) is 44.6 Å². The Morgan fingerprint density at radius 2 is 1.09 bits per heavy atom. The maximum atomic E-state index is 11.8. The molecule has 0 bridgehead atoms.